The van der Waals surface area contributed by atoms with Crippen LogP contribution in [0.1, 0.15) is 46.5 Å². The lowest BCUT2D eigenvalue weighted by atomic mass is 9.43. The van der Waals surface area contributed by atoms with Crippen LogP contribution in [0.3, 0.4) is 0 Å². The molecule has 2 bridgehead atoms. The Kier molecular flexibility index (Phi) is 2.52. The van der Waals surface area contributed by atoms with E-state index < -0.39 is 0 Å². The lowest BCUT2D eigenvalue weighted by Gasteiger charge is -2.64. The number of hydrogen-bond donors (Lipinski definition) is 0. The van der Waals surface area contributed by atoms with Crippen LogP contribution in [0.5, 0.6) is 0 Å². The molecule has 4 heteroatoms. The molecule has 0 aromatic rings. The zero-order valence-corrected chi connectivity index (χ0v) is 12.7. The Morgan fingerprint density at radius 2 is 2.00 bits per heavy atom. The Labute approximate surface area is 117 Å². The van der Waals surface area contributed by atoms with Crippen molar-refractivity contribution in [2.45, 2.75) is 64.1 Å². The van der Waals surface area contributed by atoms with E-state index in [0.717, 1.165) is 5.92 Å². The minimum Gasteiger partial charge on any atom is -0.404 e. The molecule has 3 nitrogen and oxygen atoms in total. The predicted molar refractivity (Wildman–Crippen MR) is 75.8 cm³/mol. The van der Waals surface area contributed by atoms with Gasteiger partial charge in [-0.15, -0.1) is 0 Å². The van der Waals surface area contributed by atoms with E-state index >= 15 is 0 Å². The molecule has 106 valence electrons. The van der Waals surface area contributed by atoms with Gasteiger partial charge in [0.2, 0.25) is 0 Å². The molecule has 0 aromatic carbocycles. The number of likely N-dealkylation sites (tertiary alicyclic amines) is 1. The van der Waals surface area contributed by atoms with Crippen LogP contribution in [0, 0.1) is 17.3 Å². The maximum atomic E-state index is 6.53. The quantitative estimate of drug-likeness (QED) is 0.678. The molecule has 2 saturated heterocycles. The Morgan fingerprint density at radius 3 is 2.63 bits per heavy atom. The molecule has 3 aliphatic carbocycles. The fraction of sp³-hybridized carbons (Fsp3) is 1.00. The first-order valence-electron chi connectivity index (χ1n) is 7.96. The van der Waals surface area contributed by atoms with Gasteiger partial charge in [-0.3, -0.25) is 0 Å². The van der Waals surface area contributed by atoms with Gasteiger partial charge in [0.15, 0.2) is 0 Å². The Balaban J connectivity index is 1.57. The van der Waals surface area contributed by atoms with Crippen molar-refractivity contribution in [2.75, 3.05) is 13.6 Å². The summed E-state index contributed by atoms with van der Waals surface area (Å²) in [6, 6.07) is 0. The average molecular weight is 263 g/mol. The molecule has 5 rings (SSSR count). The Morgan fingerprint density at radius 1 is 1.21 bits per heavy atom. The van der Waals surface area contributed by atoms with Crippen molar-refractivity contribution in [1.82, 2.24) is 4.90 Å². The summed E-state index contributed by atoms with van der Waals surface area (Å²) in [7, 11) is 2.22. The molecule has 5 aliphatic rings. The van der Waals surface area contributed by atoms with Crippen molar-refractivity contribution in [3.63, 3.8) is 0 Å². The standard InChI is InChI=1S/C15H26BNO2/c1-14(2)10-8-11(14)15(3)12(9-10)18-16(19-15)13-6-5-7-17(13)4/h10-13H,5-9H2,1-4H3/t10?,11?,12-,13+,15+/m1/s1. The van der Waals surface area contributed by atoms with Gasteiger partial charge >= 0.3 is 7.12 Å². The van der Waals surface area contributed by atoms with Gasteiger partial charge in [0.1, 0.15) is 0 Å². The van der Waals surface area contributed by atoms with E-state index in [0.29, 0.717) is 23.4 Å². The maximum absolute atomic E-state index is 6.53. The molecular formula is C15H26BNO2. The Hall–Kier alpha value is -0.0551. The van der Waals surface area contributed by atoms with Crippen LogP contribution in [-0.2, 0) is 9.31 Å². The van der Waals surface area contributed by atoms with Crippen molar-refractivity contribution >= 4 is 7.12 Å². The molecule has 2 heterocycles. The molecule has 2 unspecified atom stereocenters. The summed E-state index contributed by atoms with van der Waals surface area (Å²) in [5.74, 6) is 2.00. The van der Waals surface area contributed by atoms with E-state index in [1.165, 1.54) is 32.2 Å². The van der Waals surface area contributed by atoms with E-state index in [1.54, 1.807) is 0 Å². The summed E-state index contributed by atoms with van der Waals surface area (Å²) >= 11 is 0. The van der Waals surface area contributed by atoms with Crippen LogP contribution in [0.2, 0.25) is 0 Å². The second kappa shape index (κ2) is 3.77. The first-order chi connectivity index (χ1) is 8.93. The highest BCUT2D eigenvalue weighted by atomic mass is 16.7. The lowest BCUT2D eigenvalue weighted by molar-refractivity contribution is -0.199. The predicted octanol–water partition coefficient (Wildman–Crippen LogP) is 2.35. The molecule has 5 fully saturated rings. The molecule has 3 saturated carbocycles. The maximum Gasteiger partial charge on any atom is 0.476 e. The monoisotopic (exact) mass is 263 g/mol. The van der Waals surface area contributed by atoms with Crippen LogP contribution in [0.25, 0.3) is 0 Å². The zero-order chi connectivity index (χ0) is 13.4. The third-order valence-corrected chi connectivity index (χ3v) is 6.86. The summed E-state index contributed by atoms with van der Waals surface area (Å²) in [6.07, 6.45) is 5.39. The molecule has 0 N–H and O–H groups in total. The second-order valence-electron chi connectivity index (χ2n) is 8.03. The fourth-order valence-electron chi connectivity index (χ4n) is 5.34. The SMILES string of the molecule is CN1CCC[C@H]1B1O[C@@H]2CC3CC(C3(C)C)[C@]2(C)O1. The van der Waals surface area contributed by atoms with Gasteiger partial charge in [-0.1, -0.05) is 13.8 Å². The first-order valence-corrected chi connectivity index (χ1v) is 7.96. The lowest BCUT2D eigenvalue weighted by Crippen LogP contribution is -2.65. The topological polar surface area (TPSA) is 21.7 Å². The molecule has 19 heavy (non-hydrogen) atoms. The first kappa shape index (κ1) is 12.7. The molecule has 2 aliphatic heterocycles. The third kappa shape index (κ3) is 1.51. The number of nitrogens with zero attached hydrogens (tertiary/aromatic N) is 1. The van der Waals surface area contributed by atoms with Gasteiger partial charge in [0, 0.05) is 5.94 Å². The number of hydrogen-bond acceptors (Lipinski definition) is 3. The minimum absolute atomic E-state index is 0.0117. The van der Waals surface area contributed by atoms with E-state index in [9.17, 15) is 0 Å². The zero-order valence-electron chi connectivity index (χ0n) is 12.7. The van der Waals surface area contributed by atoms with Gasteiger partial charge in [0.05, 0.1) is 11.7 Å². The highest BCUT2D eigenvalue weighted by molar-refractivity contribution is 6.47. The highest BCUT2D eigenvalue weighted by Gasteiger charge is 2.68. The van der Waals surface area contributed by atoms with Crippen molar-refractivity contribution in [1.29, 1.82) is 0 Å². The highest BCUT2D eigenvalue weighted by Crippen LogP contribution is 2.65. The average Bonchev–Trinajstić information content (AvgIpc) is 2.90. The van der Waals surface area contributed by atoms with E-state index in [4.69, 9.17) is 9.31 Å². The number of rotatable bonds is 1. The third-order valence-electron chi connectivity index (χ3n) is 6.86. The van der Waals surface area contributed by atoms with Crippen LogP contribution < -0.4 is 0 Å². The largest absolute Gasteiger partial charge is 0.476 e. The summed E-state index contributed by atoms with van der Waals surface area (Å²) in [4.78, 5) is 2.42. The van der Waals surface area contributed by atoms with Crippen LogP contribution in [0.15, 0.2) is 0 Å². The fourth-order valence-corrected chi connectivity index (χ4v) is 5.34. The van der Waals surface area contributed by atoms with Crippen molar-refractivity contribution in [3.05, 3.63) is 0 Å². The van der Waals surface area contributed by atoms with E-state index in [1.807, 2.05) is 0 Å². The van der Waals surface area contributed by atoms with Crippen molar-refractivity contribution in [3.8, 4) is 0 Å². The van der Waals surface area contributed by atoms with Crippen LogP contribution >= 0.6 is 0 Å². The molecule has 0 amide bonds. The minimum atomic E-state index is -0.0354. The summed E-state index contributed by atoms with van der Waals surface area (Å²) in [5.41, 5.74) is 0.414. The van der Waals surface area contributed by atoms with E-state index in [2.05, 4.69) is 32.7 Å². The van der Waals surface area contributed by atoms with Gasteiger partial charge in [-0.05, 0) is 63.5 Å². The summed E-state index contributed by atoms with van der Waals surface area (Å²) < 4.78 is 12.9. The van der Waals surface area contributed by atoms with Gasteiger partial charge < -0.3 is 14.2 Å². The Bertz CT molecular complexity index is 402. The van der Waals surface area contributed by atoms with Gasteiger partial charge in [-0.2, -0.15) is 0 Å². The molecular weight excluding hydrogens is 237 g/mol. The normalized spacial score (nSPS) is 52.1. The van der Waals surface area contributed by atoms with Gasteiger partial charge in [-0.25, -0.2) is 0 Å². The van der Waals surface area contributed by atoms with Crippen molar-refractivity contribution < 1.29 is 9.31 Å². The molecule has 5 atom stereocenters. The van der Waals surface area contributed by atoms with Gasteiger partial charge in [0.25, 0.3) is 0 Å². The van der Waals surface area contributed by atoms with E-state index in [-0.39, 0.29) is 12.7 Å². The molecule has 0 aromatic heterocycles. The van der Waals surface area contributed by atoms with Crippen LogP contribution in [0.4, 0.5) is 0 Å². The van der Waals surface area contributed by atoms with Crippen LogP contribution in [-0.4, -0.2) is 43.3 Å². The smallest absolute Gasteiger partial charge is 0.404 e. The molecule has 0 spiro atoms. The summed E-state index contributed by atoms with van der Waals surface area (Å²) in [6.45, 7) is 8.35. The second-order valence-corrected chi connectivity index (χ2v) is 8.03. The van der Waals surface area contributed by atoms with Crippen molar-refractivity contribution in [2.24, 2.45) is 17.3 Å². The summed E-state index contributed by atoms with van der Waals surface area (Å²) in [5, 5.41) is 0. The molecule has 0 radical (unpaired) electrons.